The molecule has 128 valence electrons. The molecule has 25 heavy (non-hydrogen) atoms. The monoisotopic (exact) mass is 335 g/mol. The van der Waals surface area contributed by atoms with Crippen molar-refractivity contribution in [1.82, 2.24) is 5.32 Å². The summed E-state index contributed by atoms with van der Waals surface area (Å²) in [4.78, 5) is 12.1. The van der Waals surface area contributed by atoms with E-state index in [0.29, 0.717) is 5.75 Å². The van der Waals surface area contributed by atoms with Crippen LogP contribution in [-0.2, 0) is 4.79 Å². The molecule has 0 spiro atoms. The zero-order valence-corrected chi connectivity index (χ0v) is 14.4. The van der Waals surface area contributed by atoms with Crippen LogP contribution < -0.4 is 14.8 Å². The number of ether oxygens (including phenoxy) is 2. The molecular formula is C21H21NO3. The molecule has 0 fully saturated rings. The summed E-state index contributed by atoms with van der Waals surface area (Å²) < 4.78 is 10.9. The number of hydrogen-bond acceptors (Lipinski definition) is 3. The Kier molecular flexibility index (Phi) is 5.19. The van der Waals surface area contributed by atoms with E-state index in [0.717, 1.165) is 22.1 Å². The van der Waals surface area contributed by atoms with Crippen LogP contribution in [0.15, 0.2) is 66.7 Å². The molecule has 0 saturated carbocycles. The maximum absolute atomic E-state index is 12.1. The van der Waals surface area contributed by atoms with E-state index < -0.39 is 0 Å². The smallest absolute Gasteiger partial charge is 0.258 e. The van der Waals surface area contributed by atoms with Crippen LogP contribution in [0.25, 0.3) is 10.8 Å². The normalized spacial score (nSPS) is 11.8. The Bertz CT molecular complexity index is 861. The predicted octanol–water partition coefficient (Wildman–Crippen LogP) is 4.10. The van der Waals surface area contributed by atoms with Gasteiger partial charge in [0.1, 0.15) is 11.5 Å². The van der Waals surface area contributed by atoms with Crippen LogP contribution in [0.5, 0.6) is 11.5 Å². The Morgan fingerprint density at radius 1 is 0.960 bits per heavy atom. The van der Waals surface area contributed by atoms with Gasteiger partial charge in [-0.2, -0.15) is 0 Å². The van der Waals surface area contributed by atoms with E-state index in [2.05, 4.69) is 5.32 Å². The summed E-state index contributed by atoms with van der Waals surface area (Å²) >= 11 is 0. The lowest BCUT2D eigenvalue weighted by atomic mass is 10.1. The summed E-state index contributed by atoms with van der Waals surface area (Å²) in [7, 11) is 1.64. The van der Waals surface area contributed by atoms with Gasteiger partial charge in [-0.1, -0.05) is 42.5 Å². The van der Waals surface area contributed by atoms with Crippen molar-refractivity contribution in [3.63, 3.8) is 0 Å². The van der Waals surface area contributed by atoms with Crippen molar-refractivity contribution in [3.05, 3.63) is 72.3 Å². The van der Waals surface area contributed by atoms with Gasteiger partial charge in [0.15, 0.2) is 6.61 Å². The van der Waals surface area contributed by atoms with Crippen molar-refractivity contribution >= 4 is 16.7 Å². The molecule has 3 aromatic carbocycles. The quantitative estimate of drug-likeness (QED) is 0.737. The van der Waals surface area contributed by atoms with Crippen LogP contribution in [0.3, 0.4) is 0 Å². The number of benzene rings is 3. The molecule has 0 bridgehead atoms. The summed E-state index contributed by atoms with van der Waals surface area (Å²) in [6.45, 7) is 1.93. The van der Waals surface area contributed by atoms with E-state index >= 15 is 0 Å². The van der Waals surface area contributed by atoms with E-state index in [9.17, 15) is 4.79 Å². The van der Waals surface area contributed by atoms with Crippen molar-refractivity contribution < 1.29 is 14.3 Å². The highest BCUT2D eigenvalue weighted by atomic mass is 16.5. The number of hydrogen-bond donors (Lipinski definition) is 1. The van der Waals surface area contributed by atoms with Crippen molar-refractivity contribution in [2.75, 3.05) is 13.7 Å². The number of carbonyl (C=O) groups is 1. The van der Waals surface area contributed by atoms with Crippen LogP contribution in [0.4, 0.5) is 0 Å². The van der Waals surface area contributed by atoms with Crippen LogP contribution in [-0.4, -0.2) is 19.6 Å². The Labute approximate surface area is 147 Å². The third kappa shape index (κ3) is 4.29. The summed E-state index contributed by atoms with van der Waals surface area (Å²) in [6.07, 6.45) is 0. The second-order valence-electron chi connectivity index (χ2n) is 5.86. The van der Waals surface area contributed by atoms with Crippen LogP contribution in [0.2, 0.25) is 0 Å². The first kappa shape index (κ1) is 16.8. The second kappa shape index (κ2) is 7.71. The molecule has 3 rings (SSSR count). The van der Waals surface area contributed by atoms with Gasteiger partial charge >= 0.3 is 0 Å². The van der Waals surface area contributed by atoms with E-state index in [1.165, 1.54) is 0 Å². The second-order valence-corrected chi connectivity index (χ2v) is 5.86. The molecule has 1 unspecified atom stereocenters. The number of methoxy groups -OCH3 is 1. The van der Waals surface area contributed by atoms with Gasteiger partial charge in [0, 0.05) is 0 Å². The number of fused-ring (bicyclic) bond motifs is 1. The van der Waals surface area contributed by atoms with Gasteiger partial charge in [-0.15, -0.1) is 0 Å². The average molecular weight is 335 g/mol. The predicted molar refractivity (Wildman–Crippen MR) is 99.0 cm³/mol. The summed E-state index contributed by atoms with van der Waals surface area (Å²) in [5.74, 6) is 1.30. The summed E-state index contributed by atoms with van der Waals surface area (Å²) in [6, 6.07) is 21.4. The zero-order chi connectivity index (χ0) is 17.6. The highest BCUT2D eigenvalue weighted by Crippen LogP contribution is 2.25. The molecule has 0 saturated heterocycles. The van der Waals surface area contributed by atoms with Gasteiger partial charge in [0.25, 0.3) is 5.91 Å². The highest BCUT2D eigenvalue weighted by molar-refractivity contribution is 5.85. The first-order chi connectivity index (χ1) is 12.2. The van der Waals surface area contributed by atoms with Gasteiger partial charge in [-0.05, 0) is 47.5 Å². The van der Waals surface area contributed by atoms with Gasteiger partial charge in [-0.3, -0.25) is 4.79 Å². The fourth-order valence-electron chi connectivity index (χ4n) is 2.68. The molecule has 4 nitrogen and oxygen atoms in total. The Morgan fingerprint density at radius 2 is 1.64 bits per heavy atom. The minimum absolute atomic E-state index is 0.0212. The molecule has 3 aromatic rings. The van der Waals surface area contributed by atoms with Crippen molar-refractivity contribution in [2.45, 2.75) is 13.0 Å². The molecule has 0 radical (unpaired) electrons. The van der Waals surface area contributed by atoms with Gasteiger partial charge in [0.05, 0.1) is 13.2 Å². The minimum atomic E-state index is -0.151. The molecule has 0 aliphatic rings. The van der Waals surface area contributed by atoms with Crippen molar-refractivity contribution in [2.24, 2.45) is 0 Å². The molecule has 0 aromatic heterocycles. The lowest BCUT2D eigenvalue weighted by molar-refractivity contribution is -0.123. The first-order valence-corrected chi connectivity index (χ1v) is 8.20. The standard InChI is InChI=1S/C21H21NO3/c1-15(16-6-4-3-5-7-16)22-21(23)14-25-20-11-9-17-8-10-19(24-2)12-18(17)13-20/h3-13,15H,14H2,1-2H3,(H,22,23). The number of carbonyl (C=O) groups excluding carboxylic acids is 1. The maximum Gasteiger partial charge on any atom is 0.258 e. The third-order valence-electron chi connectivity index (χ3n) is 4.07. The molecule has 0 aliphatic heterocycles. The fourth-order valence-corrected chi connectivity index (χ4v) is 2.68. The SMILES string of the molecule is COc1ccc2ccc(OCC(=O)NC(C)c3ccccc3)cc2c1. The Morgan fingerprint density at radius 3 is 2.36 bits per heavy atom. The molecular weight excluding hydrogens is 314 g/mol. The molecule has 1 atom stereocenters. The van der Waals surface area contributed by atoms with E-state index in [1.807, 2.05) is 73.7 Å². The largest absolute Gasteiger partial charge is 0.497 e. The van der Waals surface area contributed by atoms with E-state index in [-0.39, 0.29) is 18.6 Å². The first-order valence-electron chi connectivity index (χ1n) is 8.20. The van der Waals surface area contributed by atoms with Crippen LogP contribution in [0.1, 0.15) is 18.5 Å². The highest BCUT2D eigenvalue weighted by Gasteiger charge is 2.10. The van der Waals surface area contributed by atoms with E-state index in [4.69, 9.17) is 9.47 Å². The fraction of sp³-hybridized carbons (Fsp3) is 0.190. The van der Waals surface area contributed by atoms with Gasteiger partial charge < -0.3 is 14.8 Å². The number of amides is 1. The Balaban J connectivity index is 1.61. The summed E-state index contributed by atoms with van der Waals surface area (Å²) in [5, 5.41) is 5.04. The number of nitrogens with one attached hydrogen (secondary N) is 1. The van der Waals surface area contributed by atoms with E-state index in [1.54, 1.807) is 7.11 Å². The van der Waals surface area contributed by atoms with Crippen LogP contribution >= 0.6 is 0 Å². The average Bonchev–Trinajstić information content (AvgIpc) is 2.66. The summed E-state index contributed by atoms with van der Waals surface area (Å²) in [5.41, 5.74) is 1.06. The Hall–Kier alpha value is -3.01. The lowest BCUT2D eigenvalue weighted by Crippen LogP contribution is -2.31. The molecule has 0 heterocycles. The molecule has 0 aliphatic carbocycles. The third-order valence-corrected chi connectivity index (χ3v) is 4.07. The minimum Gasteiger partial charge on any atom is -0.497 e. The number of rotatable bonds is 6. The van der Waals surface area contributed by atoms with Crippen LogP contribution in [0, 0.1) is 0 Å². The van der Waals surface area contributed by atoms with Crippen molar-refractivity contribution in [3.8, 4) is 11.5 Å². The maximum atomic E-state index is 12.1. The zero-order valence-electron chi connectivity index (χ0n) is 14.4. The van der Waals surface area contributed by atoms with Gasteiger partial charge in [-0.25, -0.2) is 0 Å². The lowest BCUT2D eigenvalue weighted by Gasteiger charge is -2.15. The topological polar surface area (TPSA) is 47.6 Å². The van der Waals surface area contributed by atoms with Gasteiger partial charge in [0.2, 0.25) is 0 Å². The van der Waals surface area contributed by atoms with Crippen molar-refractivity contribution in [1.29, 1.82) is 0 Å². The molecule has 1 amide bonds. The molecule has 4 heteroatoms. The molecule has 1 N–H and O–H groups in total.